The molecule has 9 aromatic rings. The molecule has 1 aromatic heterocycles. The van der Waals surface area contributed by atoms with Crippen LogP contribution in [0.5, 0.6) is 0 Å². The highest BCUT2D eigenvalue weighted by atomic mass is 15.0. The molecule has 47 heavy (non-hydrogen) atoms. The lowest BCUT2D eigenvalue weighted by Crippen LogP contribution is -1.94. The lowest BCUT2D eigenvalue weighted by molar-refractivity contribution is 1.18. The fourth-order valence-corrected chi connectivity index (χ4v) is 7.42. The first-order valence-corrected chi connectivity index (χ1v) is 16.4. The van der Waals surface area contributed by atoms with Crippen molar-refractivity contribution in [3.8, 4) is 39.1 Å². The number of aromatic nitrogens is 1. The van der Waals surface area contributed by atoms with E-state index in [9.17, 15) is 0 Å². The van der Waals surface area contributed by atoms with Crippen molar-refractivity contribution in [1.82, 2.24) is 4.57 Å². The summed E-state index contributed by atoms with van der Waals surface area (Å²) in [6.07, 6.45) is 0. The quantitative estimate of drug-likeness (QED) is 0.177. The minimum atomic E-state index is 1.17. The van der Waals surface area contributed by atoms with Crippen molar-refractivity contribution in [1.29, 1.82) is 0 Å². The van der Waals surface area contributed by atoms with E-state index in [1.807, 2.05) is 0 Å². The van der Waals surface area contributed by atoms with Crippen molar-refractivity contribution in [2.24, 2.45) is 0 Å². The van der Waals surface area contributed by atoms with Crippen LogP contribution in [0.4, 0.5) is 0 Å². The van der Waals surface area contributed by atoms with E-state index in [0.29, 0.717) is 0 Å². The monoisotopic (exact) mass is 599 g/mol. The summed E-state index contributed by atoms with van der Waals surface area (Å²) in [7, 11) is 0. The number of rotatable bonds is 4. The molecule has 0 atom stereocenters. The van der Waals surface area contributed by atoms with E-state index >= 15 is 0 Å². The van der Waals surface area contributed by atoms with Gasteiger partial charge in [-0.05, 0) is 99.1 Å². The molecule has 0 bridgehead atoms. The van der Waals surface area contributed by atoms with Crippen LogP contribution in [0.2, 0.25) is 0 Å². The predicted octanol–water partition coefficient (Wildman–Crippen LogP) is 12.7. The Kier molecular flexibility index (Phi) is 6.33. The largest absolute Gasteiger partial charge is 0.309 e. The Morgan fingerprint density at radius 1 is 0.319 bits per heavy atom. The average Bonchev–Trinajstić information content (AvgIpc) is 3.46. The third-order valence-electron chi connectivity index (χ3n) is 9.74. The summed E-state index contributed by atoms with van der Waals surface area (Å²) in [5.74, 6) is 0. The Morgan fingerprint density at radius 2 is 0.723 bits per heavy atom. The van der Waals surface area contributed by atoms with E-state index in [4.69, 9.17) is 0 Å². The number of fused-ring (bicyclic) bond motifs is 5. The van der Waals surface area contributed by atoms with Gasteiger partial charge in [0.05, 0.1) is 11.0 Å². The fraction of sp³-hybridized carbons (Fsp3) is 0.0435. The lowest BCUT2D eigenvalue weighted by Gasteiger charge is -2.19. The first-order chi connectivity index (χ1) is 23.1. The van der Waals surface area contributed by atoms with Gasteiger partial charge in [-0.3, -0.25) is 0 Å². The molecule has 0 N–H and O–H groups in total. The molecule has 222 valence electrons. The first-order valence-electron chi connectivity index (χ1n) is 16.4. The molecule has 0 spiro atoms. The van der Waals surface area contributed by atoms with Crippen molar-refractivity contribution >= 4 is 43.4 Å². The van der Waals surface area contributed by atoms with Crippen LogP contribution in [0.1, 0.15) is 11.1 Å². The van der Waals surface area contributed by atoms with Gasteiger partial charge < -0.3 is 4.57 Å². The minimum absolute atomic E-state index is 1.17. The number of hydrogen-bond donors (Lipinski definition) is 0. The molecule has 0 unspecified atom stereocenters. The fourth-order valence-electron chi connectivity index (χ4n) is 7.42. The molecule has 0 saturated heterocycles. The van der Waals surface area contributed by atoms with E-state index in [1.165, 1.54) is 93.5 Å². The molecule has 0 radical (unpaired) electrons. The zero-order valence-corrected chi connectivity index (χ0v) is 26.5. The SMILES string of the molecule is Cc1ccc(-c2c3ccccc3c(-c3ccc(C)cc3)c3cc(-c4ccc(-n5c6ccccc6c6ccccc65)cc4)ccc23)cc1. The standard InChI is InChI=1S/C46H33N/c1-30-15-19-33(20-16-30)45-39-11-3-4-12-40(39)46(34-21-17-31(2)18-22-34)42-29-35(25-28-41(42)45)32-23-26-36(27-24-32)47-43-13-7-5-9-37(43)38-10-6-8-14-44(38)47/h3-29H,1-2H3. The maximum Gasteiger partial charge on any atom is 0.0541 e. The Balaban J connectivity index is 1.26. The highest BCUT2D eigenvalue weighted by Crippen LogP contribution is 2.45. The molecule has 8 aromatic carbocycles. The van der Waals surface area contributed by atoms with Gasteiger partial charge in [0.15, 0.2) is 0 Å². The second-order valence-electron chi connectivity index (χ2n) is 12.7. The summed E-state index contributed by atoms with van der Waals surface area (Å²) in [4.78, 5) is 0. The first kappa shape index (κ1) is 27.4. The molecule has 0 amide bonds. The zero-order chi connectivity index (χ0) is 31.5. The molecule has 0 saturated carbocycles. The highest BCUT2D eigenvalue weighted by Gasteiger charge is 2.18. The summed E-state index contributed by atoms with van der Waals surface area (Å²) in [5, 5.41) is 7.66. The number of aryl methyl sites for hydroxylation is 2. The molecular formula is C46H33N. The van der Waals surface area contributed by atoms with Crippen LogP contribution in [0.25, 0.3) is 82.4 Å². The molecule has 1 heteroatoms. The number of benzene rings is 8. The maximum absolute atomic E-state index is 2.41. The lowest BCUT2D eigenvalue weighted by atomic mass is 9.84. The van der Waals surface area contributed by atoms with Crippen LogP contribution in [0.15, 0.2) is 164 Å². The molecular weight excluding hydrogens is 567 g/mol. The Labute approximate surface area is 275 Å². The van der Waals surface area contributed by atoms with E-state index in [2.05, 4.69) is 182 Å². The molecule has 0 aliphatic rings. The van der Waals surface area contributed by atoms with Crippen LogP contribution in [-0.2, 0) is 0 Å². The van der Waals surface area contributed by atoms with Gasteiger partial charge in [0.1, 0.15) is 0 Å². The summed E-state index contributed by atoms with van der Waals surface area (Å²) in [6, 6.07) is 60.3. The van der Waals surface area contributed by atoms with E-state index in [1.54, 1.807) is 0 Å². The van der Waals surface area contributed by atoms with Crippen LogP contribution in [-0.4, -0.2) is 4.57 Å². The smallest absolute Gasteiger partial charge is 0.0541 e. The third-order valence-corrected chi connectivity index (χ3v) is 9.74. The Hall–Kier alpha value is -5.92. The van der Waals surface area contributed by atoms with Crippen molar-refractivity contribution in [2.75, 3.05) is 0 Å². The predicted molar refractivity (Wildman–Crippen MR) is 202 cm³/mol. The Morgan fingerprint density at radius 3 is 1.26 bits per heavy atom. The normalized spacial score (nSPS) is 11.6. The van der Waals surface area contributed by atoms with Gasteiger partial charge in [0, 0.05) is 16.5 Å². The highest BCUT2D eigenvalue weighted by molar-refractivity contribution is 6.22. The third kappa shape index (κ3) is 4.47. The summed E-state index contributed by atoms with van der Waals surface area (Å²) in [6.45, 7) is 4.31. The van der Waals surface area contributed by atoms with Gasteiger partial charge in [-0.15, -0.1) is 0 Å². The van der Waals surface area contributed by atoms with Crippen molar-refractivity contribution in [3.05, 3.63) is 175 Å². The molecule has 0 aliphatic heterocycles. The second kappa shape index (κ2) is 10.9. The van der Waals surface area contributed by atoms with Crippen LogP contribution in [0, 0.1) is 13.8 Å². The van der Waals surface area contributed by atoms with Gasteiger partial charge >= 0.3 is 0 Å². The van der Waals surface area contributed by atoms with Gasteiger partial charge in [-0.1, -0.05) is 145 Å². The van der Waals surface area contributed by atoms with Gasteiger partial charge in [-0.2, -0.15) is 0 Å². The summed E-state index contributed by atoms with van der Waals surface area (Å²) >= 11 is 0. The van der Waals surface area contributed by atoms with Crippen LogP contribution >= 0.6 is 0 Å². The van der Waals surface area contributed by atoms with Crippen LogP contribution < -0.4 is 0 Å². The molecule has 1 nitrogen and oxygen atoms in total. The van der Waals surface area contributed by atoms with E-state index in [0.717, 1.165) is 0 Å². The Bertz CT molecular complexity index is 2550. The summed E-state index contributed by atoms with van der Waals surface area (Å²) < 4.78 is 2.38. The molecule has 0 fully saturated rings. The topological polar surface area (TPSA) is 4.93 Å². The molecule has 0 aliphatic carbocycles. The molecule has 1 heterocycles. The number of hydrogen-bond acceptors (Lipinski definition) is 0. The van der Waals surface area contributed by atoms with Gasteiger partial charge in [0.2, 0.25) is 0 Å². The summed E-state index contributed by atoms with van der Waals surface area (Å²) in [5.41, 5.74) is 13.6. The van der Waals surface area contributed by atoms with E-state index in [-0.39, 0.29) is 0 Å². The molecule has 9 rings (SSSR count). The number of para-hydroxylation sites is 2. The zero-order valence-electron chi connectivity index (χ0n) is 26.5. The van der Waals surface area contributed by atoms with Crippen molar-refractivity contribution in [2.45, 2.75) is 13.8 Å². The second-order valence-corrected chi connectivity index (χ2v) is 12.7. The number of nitrogens with zero attached hydrogens (tertiary/aromatic N) is 1. The van der Waals surface area contributed by atoms with E-state index < -0.39 is 0 Å². The minimum Gasteiger partial charge on any atom is -0.309 e. The van der Waals surface area contributed by atoms with Gasteiger partial charge in [0.25, 0.3) is 0 Å². The van der Waals surface area contributed by atoms with Gasteiger partial charge in [-0.25, -0.2) is 0 Å². The van der Waals surface area contributed by atoms with Crippen LogP contribution in [0.3, 0.4) is 0 Å². The van der Waals surface area contributed by atoms with Crippen molar-refractivity contribution in [3.63, 3.8) is 0 Å². The maximum atomic E-state index is 2.41. The average molecular weight is 600 g/mol. The van der Waals surface area contributed by atoms with Crippen molar-refractivity contribution < 1.29 is 0 Å².